The second-order valence-electron chi connectivity index (χ2n) is 6.01. The Morgan fingerprint density at radius 1 is 1.14 bits per heavy atom. The van der Waals surface area contributed by atoms with Crippen LogP contribution in [-0.4, -0.2) is 24.9 Å². The number of aromatic nitrogens is 5. The van der Waals surface area contributed by atoms with Crippen LogP contribution in [0.1, 0.15) is 11.5 Å². The lowest BCUT2D eigenvalue weighted by atomic mass is 10.1. The number of aromatic amines is 1. The Hall–Kier alpha value is -2.84. The fraction of sp³-hybridized carbons (Fsp3) is 0.158. The van der Waals surface area contributed by atoms with Crippen molar-refractivity contribution in [2.75, 3.05) is 0 Å². The number of aryl methyl sites for hydroxylation is 1. The summed E-state index contributed by atoms with van der Waals surface area (Å²) in [4.78, 5) is 16.4. The van der Waals surface area contributed by atoms with Gasteiger partial charge in [0.1, 0.15) is 0 Å². The van der Waals surface area contributed by atoms with Gasteiger partial charge in [-0.15, -0.1) is 5.10 Å². The quantitative estimate of drug-likeness (QED) is 0.463. The molecule has 2 heterocycles. The number of H-pyrrole nitrogens is 1. The highest BCUT2D eigenvalue weighted by atomic mass is 35.5. The van der Waals surface area contributed by atoms with Gasteiger partial charge in [0.25, 0.3) is 0 Å². The highest BCUT2D eigenvalue weighted by Gasteiger charge is 2.13. The molecule has 0 saturated heterocycles. The summed E-state index contributed by atoms with van der Waals surface area (Å²) >= 11 is 7.37. The van der Waals surface area contributed by atoms with Crippen molar-refractivity contribution in [1.29, 1.82) is 0 Å². The van der Waals surface area contributed by atoms with Crippen LogP contribution in [0.5, 0.6) is 0 Å². The first-order valence-electron chi connectivity index (χ1n) is 8.59. The lowest BCUT2D eigenvalue weighted by Gasteiger charge is -2.04. The van der Waals surface area contributed by atoms with E-state index >= 15 is 0 Å². The minimum atomic E-state index is -0.233. The zero-order valence-corrected chi connectivity index (χ0v) is 16.3. The van der Waals surface area contributed by atoms with E-state index in [0.717, 1.165) is 17.5 Å². The topological polar surface area (TPSA) is 89.6 Å². The predicted octanol–water partition coefficient (Wildman–Crippen LogP) is 3.81. The van der Waals surface area contributed by atoms with Crippen molar-refractivity contribution in [3.05, 3.63) is 81.6 Å². The number of benzene rings is 2. The molecule has 142 valence electrons. The summed E-state index contributed by atoms with van der Waals surface area (Å²) in [7, 11) is 0. The molecule has 0 fully saturated rings. The van der Waals surface area contributed by atoms with E-state index in [9.17, 15) is 4.79 Å². The van der Waals surface area contributed by atoms with Gasteiger partial charge in [-0.25, -0.2) is 9.89 Å². The van der Waals surface area contributed by atoms with Gasteiger partial charge in [-0.05, 0) is 24.1 Å². The summed E-state index contributed by atoms with van der Waals surface area (Å²) < 4.78 is 6.92. The molecule has 0 amide bonds. The van der Waals surface area contributed by atoms with E-state index in [-0.39, 0.29) is 5.69 Å². The van der Waals surface area contributed by atoms with Gasteiger partial charge < -0.3 is 4.52 Å². The molecule has 0 atom stereocenters. The molecule has 4 rings (SSSR count). The SMILES string of the molecule is O=c1[nH]nc(SCc2nc(-c3cccc(Cl)c3)no2)n1CCc1ccccc1. The Morgan fingerprint density at radius 2 is 2.00 bits per heavy atom. The molecule has 0 saturated carbocycles. The van der Waals surface area contributed by atoms with Gasteiger partial charge in [-0.1, -0.05) is 71.0 Å². The van der Waals surface area contributed by atoms with Crippen LogP contribution in [0.2, 0.25) is 5.02 Å². The second kappa shape index (κ2) is 8.45. The zero-order valence-electron chi connectivity index (χ0n) is 14.7. The Balaban J connectivity index is 1.42. The van der Waals surface area contributed by atoms with Crippen molar-refractivity contribution < 1.29 is 4.52 Å². The Kier molecular flexibility index (Phi) is 5.59. The first-order chi connectivity index (χ1) is 13.7. The van der Waals surface area contributed by atoms with E-state index in [4.69, 9.17) is 16.1 Å². The van der Waals surface area contributed by atoms with E-state index in [2.05, 4.69) is 20.3 Å². The van der Waals surface area contributed by atoms with E-state index in [1.165, 1.54) is 11.8 Å². The fourth-order valence-electron chi connectivity index (χ4n) is 2.68. The highest BCUT2D eigenvalue weighted by molar-refractivity contribution is 7.98. The number of nitrogens with zero attached hydrogens (tertiary/aromatic N) is 4. The molecule has 28 heavy (non-hydrogen) atoms. The molecule has 0 aliphatic heterocycles. The third kappa shape index (κ3) is 4.35. The van der Waals surface area contributed by atoms with Crippen LogP contribution in [0.4, 0.5) is 0 Å². The van der Waals surface area contributed by atoms with Gasteiger partial charge in [-0.2, -0.15) is 4.98 Å². The molecule has 9 heteroatoms. The first kappa shape index (κ1) is 18.5. The van der Waals surface area contributed by atoms with E-state index in [0.29, 0.717) is 34.2 Å². The van der Waals surface area contributed by atoms with Crippen LogP contribution in [0.3, 0.4) is 0 Å². The molecule has 2 aromatic heterocycles. The minimum Gasteiger partial charge on any atom is -0.338 e. The van der Waals surface area contributed by atoms with Crippen molar-refractivity contribution in [2.45, 2.75) is 23.9 Å². The van der Waals surface area contributed by atoms with E-state index in [1.807, 2.05) is 42.5 Å². The van der Waals surface area contributed by atoms with Gasteiger partial charge in [-0.3, -0.25) is 4.57 Å². The molecule has 0 unspecified atom stereocenters. The van der Waals surface area contributed by atoms with Crippen LogP contribution in [0.15, 0.2) is 69.1 Å². The molecule has 0 radical (unpaired) electrons. The Labute approximate surface area is 169 Å². The van der Waals surface area contributed by atoms with E-state index in [1.54, 1.807) is 16.7 Å². The molecular formula is C19H16ClN5O2S. The largest absolute Gasteiger partial charge is 0.343 e. The summed E-state index contributed by atoms with van der Waals surface area (Å²) in [5, 5.41) is 11.8. The van der Waals surface area contributed by atoms with Crippen molar-refractivity contribution in [1.82, 2.24) is 24.9 Å². The van der Waals surface area contributed by atoms with Crippen LogP contribution in [-0.2, 0) is 18.7 Å². The van der Waals surface area contributed by atoms with Crippen molar-refractivity contribution in [3.63, 3.8) is 0 Å². The normalized spacial score (nSPS) is 11.0. The average Bonchev–Trinajstić information content (AvgIpc) is 3.32. The molecule has 0 aliphatic carbocycles. The molecule has 0 spiro atoms. The maximum atomic E-state index is 12.1. The molecule has 2 aromatic carbocycles. The van der Waals surface area contributed by atoms with Crippen molar-refractivity contribution >= 4 is 23.4 Å². The molecule has 0 aliphatic rings. The number of halogens is 1. The summed E-state index contributed by atoms with van der Waals surface area (Å²) in [5.41, 5.74) is 1.71. The van der Waals surface area contributed by atoms with Crippen LogP contribution in [0.25, 0.3) is 11.4 Å². The zero-order chi connectivity index (χ0) is 19.3. The number of hydrogen-bond donors (Lipinski definition) is 1. The maximum absolute atomic E-state index is 12.1. The Bertz CT molecular complexity index is 1120. The maximum Gasteiger partial charge on any atom is 0.343 e. The summed E-state index contributed by atoms with van der Waals surface area (Å²) in [6, 6.07) is 17.3. The monoisotopic (exact) mass is 413 g/mol. The van der Waals surface area contributed by atoms with Crippen LogP contribution < -0.4 is 5.69 Å². The van der Waals surface area contributed by atoms with Crippen LogP contribution in [0, 0.1) is 0 Å². The standard InChI is InChI=1S/C19H16ClN5O2S/c20-15-8-4-7-14(11-15)17-21-16(27-24-17)12-28-19-23-22-18(26)25(19)10-9-13-5-2-1-3-6-13/h1-8,11H,9-10,12H2,(H,22,26). The van der Waals surface area contributed by atoms with Gasteiger partial charge in [0.2, 0.25) is 11.7 Å². The predicted molar refractivity (Wildman–Crippen MR) is 107 cm³/mol. The first-order valence-corrected chi connectivity index (χ1v) is 9.96. The molecule has 4 aromatic rings. The summed E-state index contributed by atoms with van der Waals surface area (Å²) in [6.45, 7) is 0.541. The minimum absolute atomic E-state index is 0.233. The second-order valence-corrected chi connectivity index (χ2v) is 7.39. The smallest absolute Gasteiger partial charge is 0.338 e. The average molecular weight is 414 g/mol. The van der Waals surface area contributed by atoms with Crippen LogP contribution >= 0.6 is 23.4 Å². The van der Waals surface area contributed by atoms with Crippen molar-refractivity contribution in [2.24, 2.45) is 0 Å². The van der Waals surface area contributed by atoms with Gasteiger partial charge >= 0.3 is 5.69 Å². The molecule has 7 nitrogen and oxygen atoms in total. The highest BCUT2D eigenvalue weighted by Crippen LogP contribution is 2.23. The van der Waals surface area contributed by atoms with Gasteiger partial charge in [0, 0.05) is 17.1 Å². The van der Waals surface area contributed by atoms with Crippen molar-refractivity contribution in [3.8, 4) is 11.4 Å². The molecule has 1 N–H and O–H groups in total. The Morgan fingerprint density at radius 3 is 2.82 bits per heavy atom. The van der Waals surface area contributed by atoms with Gasteiger partial charge in [0.15, 0.2) is 5.16 Å². The number of nitrogens with one attached hydrogen (secondary N) is 1. The fourth-order valence-corrected chi connectivity index (χ4v) is 3.68. The third-order valence-corrected chi connectivity index (χ3v) is 5.26. The summed E-state index contributed by atoms with van der Waals surface area (Å²) in [6.07, 6.45) is 0.743. The summed E-state index contributed by atoms with van der Waals surface area (Å²) in [5.74, 6) is 1.33. The lowest BCUT2D eigenvalue weighted by Crippen LogP contribution is -2.18. The third-order valence-electron chi connectivity index (χ3n) is 4.07. The number of thioether (sulfide) groups is 1. The lowest BCUT2D eigenvalue weighted by molar-refractivity contribution is 0.391. The molecule has 0 bridgehead atoms. The van der Waals surface area contributed by atoms with E-state index < -0.39 is 0 Å². The van der Waals surface area contributed by atoms with Gasteiger partial charge in [0.05, 0.1) is 5.75 Å². The molecular weight excluding hydrogens is 398 g/mol. The number of rotatable bonds is 7. The number of hydrogen-bond acceptors (Lipinski definition) is 6.